The first-order valence-electron chi connectivity index (χ1n) is 10.3. The van der Waals surface area contributed by atoms with Crippen molar-refractivity contribution in [3.63, 3.8) is 0 Å². The number of aromatic nitrogens is 2. The van der Waals surface area contributed by atoms with Gasteiger partial charge >= 0.3 is 6.01 Å². The van der Waals surface area contributed by atoms with Crippen molar-refractivity contribution in [3.8, 4) is 22.9 Å². The SMILES string of the molecule is COc1ccc(-c2noc(N3c4ccccc4CCC3c3ccccc3)n2)cc1OC. The van der Waals surface area contributed by atoms with Crippen LogP contribution in [0.1, 0.15) is 23.6 Å². The fourth-order valence-corrected chi connectivity index (χ4v) is 4.18. The first-order chi connectivity index (χ1) is 15.3. The highest BCUT2D eigenvalue weighted by molar-refractivity contribution is 5.67. The van der Waals surface area contributed by atoms with Crippen molar-refractivity contribution < 1.29 is 14.0 Å². The van der Waals surface area contributed by atoms with Crippen molar-refractivity contribution in [2.75, 3.05) is 19.1 Å². The van der Waals surface area contributed by atoms with Crippen molar-refractivity contribution in [1.29, 1.82) is 0 Å². The van der Waals surface area contributed by atoms with Crippen LogP contribution in [0.2, 0.25) is 0 Å². The zero-order valence-corrected chi connectivity index (χ0v) is 17.5. The second kappa shape index (κ2) is 8.14. The highest BCUT2D eigenvalue weighted by atomic mass is 16.5. The van der Waals surface area contributed by atoms with Crippen LogP contribution in [0, 0.1) is 0 Å². The van der Waals surface area contributed by atoms with Gasteiger partial charge in [-0.05, 0) is 48.2 Å². The summed E-state index contributed by atoms with van der Waals surface area (Å²) in [5.74, 6) is 1.78. The van der Waals surface area contributed by atoms with Gasteiger partial charge in [0.2, 0.25) is 5.82 Å². The lowest BCUT2D eigenvalue weighted by molar-refractivity contribution is 0.355. The molecule has 1 aliphatic rings. The van der Waals surface area contributed by atoms with E-state index in [1.54, 1.807) is 14.2 Å². The summed E-state index contributed by atoms with van der Waals surface area (Å²) < 4.78 is 16.5. The third-order valence-electron chi connectivity index (χ3n) is 5.70. The van der Waals surface area contributed by atoms with Crippen LogP contribution < -0.4 is 14.4 Å². The number of rotatable bonds is 5. The number of methoxy groups -OCH3 is 2. The zero-order chi connectivity index (χ0) is 21.2. The van der Waals surface area contributed by atoms with Crippen molar-refractivity contribution >= 4 is 11.7 Å². The minimum Gasteiger partial charge on any atom is -0.493 e. The summed E-state index contributed by atoms with van der Waals surface area (Å²) in [5, 5.41) is 4.27. The first kappa shape index (κ1) is 19.2. The Balaban J connectivity index is 1.57. The van der Waals surface area contributed by atoms with Crippen LogP contribution in [-0.2, 0) is 6.42 Å². The molecule has 2 heterocycles. The standard InChI is InChI=1S/C25H23N3O3/c1-29-22-15-13-19(16-23(22)30-2)24-26-25(31-27-24)28-20-11-7-6-10-18(20)12-14-21(28)17-8-4-3-5-9-17/h3-11,13,15-16,21H,12,14H2,1-2H3. The molecule has 0 spiro atoms. The summed E-state index contributed by atoms with van der Waals surface area (Å²) in [6.45, 7) is 0. The normalized spacial score (nSPS) is 15.4. The van der Waals surface area contributed by atoms with Crippen LogP contribution in [-0.4, -0.2) is 24.4 Å². The lowest BCUT2D eigenvalue weighted by Gasteiger charge is -2.36. The number of para-hydroxylation sites is 1. The molecule has 6 nitrogen and oxygen atoms in total. The molecule has 6 heteroatoms. The van der Waals surface area contributed by atoms with Gasteiger partial charge in [-0.25, -0.2) is 0 Å². The Labute approximate surface area is 181 Å². The van der Waals surface area contributed by atoms with Gasteiger partial charge in [-0.3, -0.25) is 4.90 Å². The number of aryl methyl sites for hydroxylation is 1. The fourth-order valence-electron chi connectivity index (χ4n) is 4.18. The number of benzene rings is 3. The topological polar surface area (TPSA) is 60.6 Å². The Morgan fingerprint density at radius 3 is 2.48 bits per heavy atom. The molecule has 1 unspecified atom stereocenters. The van der Waals surface area contributed by atoms with E-state index in [2.05, 4.69) is 52.5 Å². The van der Waals surface area contributed by atoms with E-state index in [4.69, 9.17) is 19.0 Å². The summed E-state index contributed by atoms with van der Waals surface area (Å²) in [5.41, 5.74) is 4.41. The second-order valence-electron chi connectivity index (χ2n) is 7.43. The zero-order valence-electron chi connectivity index (χ0n) is 17.5. The summed E-state index contributed by atoms with van der Waals surface area (Å²) in [7, 11) is 3.22. The minimum atomic E-state index is 0.120. The van der Waals surface area contributed by atoms with E-state index in [9.17, 15) is 0 Å². The molecule has 1 atom stereocenters. The van der Waals surface area contributed by atoms with Gasteiger partial charge < -0.3 is 14.0 Å². The molecule has 0 amide bonds. The summed E-state index contributed by atoms with van der Waals surface area (Å²) >= 11 is 0. The molecule has 0 aliphatic carbocycles. The van der Waals surface area contributed by atoms with Gasteiger partial charge in [-0.1, -0.05) is 53.7 Å². The van der Waals surface area contributed by atoms with Crippen LogP contribution in [0.4, 0.5) is 11.7 Å². The molecule has 1 aliphatic heterocycles. The van der Waals surface area contributed by atoms with Gasteiger partial charge in [-0.2, -0.15) is 4.98 Å². The van der Waals surface area contributed by atoms with Crippen LogP contribution >= 0.6 is 0 Å². The second-order valence-corrected chi connectivity index (χ2v) is 7.43. The average molecular weight is 413 g/mol. The van der Waals surface area contributed by atoms with E-state index in [0.717, 1.165) is 24.1 Å². The smallest absolute Gasteiger partial charge is 0.329 e. The van der Waals surface area contributed by atoms with Gasteiger partial charge in [-0.15, -0.1) is 0 Å². The Morgan fingerprint density at radius 1 is 0.903 bits per heavy atom. The van der Waals surface area contributed by atoms with E-state index < -0.39 is 0 Å². The third kappa shape index (κ3) is 3.50. The molecule has 0 N–H and O–H groups in total. The highest BCUT2D eigenvalue weighted by Gasteiger charge is 2.32. The lowest BCUT2D eigenvalue weighted by Crippen LogP contribution is -2.29. The van der Waals surface area contributed by atoms with Gasteiger partial charge in [0, 0.05) is 11.3 Å². The summed E-state index contributed by atoms with van der Waals surface area (Å²) in [6.07, 6.45) is 1.97. The van der Waals surface area contributed by atoms with Gasteiger partial charge in [0.05, 0.1) is 20.3 Å². The summed E-state index contributed by atoms with van der Waals surface area (Å²) in [4.78, 5) is 6.92. The molecule has 0 bridgehead atoms. The van der Waals surface area contributed by atoms with Gasteiger partial charge in [0.25, 0.3) is 0 Å². The molecule has 0 fully saturated rings. The molecule has 0 saturated heterocycles. The molecule has 31 heavy (non-hydrogen) atoms. The third-order valence-corrected chi connectivity index (χ3v) is 5.70. The molecule has 0 radical (unpaired) electrons. The van der Waals surface area contributed by atoms with Crippen LogP contribution in [0.3, 0.4) is 0 Å². The Morgan fingerprint density at radius 2 is 1.68 bits per heavy atom. The van der Waals surface area contributed by atoms with Crippen molar-refractivity contribution in [2.45, 2.75) is 18.9 Å². The molecular weight excluding hydrogens is 390 g/mol. The molecule has 156 valence electrons. The number of hydrogen-bond donors (Lipinski definition) is 0. The Hall–Kier alpha value is -3.80. The quantitative estimate of drug-likeness (QED) is 0.426. The molecule has 0 saturated carbocycles. The van der Waals surface area contributed by atoms with Crippen molar-refractivity contribution in [2.24, 2.45) is 0 Å². The Bertz CT molecular complexity index is 1190. The summed E-state index contributed by atoms with van der Waals surface area (Å²) in [6, 6.07) is 25.1. The highest BCUT2D eigenvalue weighted by Crippen LogP contribution is 2.43. The lowest BCUT2D eigenvalue weighted by atomic mass is 9.91. The average Bonchev–Trinajstić information content (AvgIpc) is 3.33. The van der Waals surface area contributed by atoms with Crippen molar-refractivity contribution in [3.05, 3.63) is 83.9 Å². The van der Waals surface area contributed by atoms with E-state index >= 15 is 0 Å². The molecular formula is C25H23N3O3. The molecule has 5 rings (SSSR count). The van der Waals surface area contributed by atoms with E-state index in [-0.39, 0.29) is 6.04 Å². The molecule has 1 aromatic heterocycles. The fraction of sp³-hybridized carbons (Fsp3) is 0.200. The largest absolute Gasteiger partial charge is 0.493 e. The van der Waals surface area contributed by atoms with Crippen molar-refractivity contribution in [1.82, 2.24) is 10.1 Å². The predicted molar refractivity (Wildman–Crippen MR) is 119 cm³/mol. The van der Waals surface area contributed by atoms with Crippen LogP contribution in [0.15, 0.2) is 77.3 Å². The number of nitrogens with zero attached hydrogens (tertiary/aromatic N) is 3. The van der Waals surface area contributed by atoms with Crippen LogP contribution in [0.5, 0.6) is 11.5 Å². The number of anilines is 2. The minimum absolute atomic E-state index is 0.120. The molecule has 3 aromatic carbocycles. The predicted octanol–water partition coefficient (Wildman–Crippen LogP) is 5.58. The number of hydrogen-bond acceptors (Lipinski definition) is 6. The molecule has 4 aromatic rings. The maximum atomic E-state index is 5.79. The van der Waals surface area contributed by atoms with Gasteiger partial charge in [0.1, 0.15) is 0 Å². The first-order valence-corrected chi connectivity index (χ1v) is 10.3. The maximum Gasteiger partial charge on any atom is 0.329 e. The van der Waals surface area contributed by atoms with Gasteiger partial charge in [0.15, 0.2) is 11.5 Å². The van der Waals surface area contributed by atoms with E-state index in [0.29, 0.717) is 23.3 Å². The Kier molecular flexibility index (Phi) is 5.04. The maximum absolute atomic E-state index is 5.79. The monoisotopic (exact) mass is 413 g/mol. The number of fused-ring (bicyclic) bond motifs is 1. The van der Waals surface area contributed by atoms with E-state index in [1.807, 2.05) is 30.3 Å². The number of ether oxygens (including phenoxy) is 2. The van der Waals surface area contributed by atoms with Crippen LogP contribution in [0.25, 0.3) is 11.4 Å². The van der Waals surface area contributed by atoms with E-state index in [1.165, 1.54) is 11.1 Å².